The molecule has 1 amide bonds. The highest BCUT2D eigenvalue weighted by atomic mass is 32.2. The Balaban J connectivity index is 1.54. The molecule has 1 saturated heterocycles. The zero-order chi connectivity index (χ0) is 18.9. The molecule has 0 atom stereocenters. The molecule has 0 unspecified atom stereocenters. The van der Waals surface area contributed by atoms with Crippen molar-refractivity contribution in [1.82, 2.24) is 14.2 Å². The van der Waals surface area contributed by atoms with Crippen LogP contribution >= 0.6 is 0 Å². The smallest absolute Gasteiger partial charge is 0.254 e. The number of sulfonamides is 1. The number of nitrogens with one attached hydrogen (secondary N) is 1. The van der Waals surface area contributed by atoms with E-state index in [4.69, 9.17) is 0 Å². The Morgan fingerprint density at radius 2 is 1.70 bits per heavy atom. The number of carbonyl (C=O) groups is 1. The van der Waals surface area contributed by atoms with Crippen LogP contribution in [0.25, 0.3) is 10.9 Å². The van der Waals surface area contributed by atoms with Gasteiger partial charge in [0.2, 0.25) is 10.0 Å². The molecule has 3 aromatic rings. The number of aromatic amines is 1. The number of carbonyl (C=O) groups excluding carboxylic acids is 1. The second-order valence-corrected chi connectivity index (χ2v) is 8.55. The van der Waals surface area contributed by atoms with Crippen LogP contribution < -0.4 is 0 Å². The lowest BCUT2D eigenvalue weighted by atomic mass is 10.1. The summed E-state index contributed by atoms with van der Waals surface area (Å²) in [6, 6.07) is 16.0. The lowest BCUT2D eigenvalue weighted by Crippen LogP contribution is -2.37. The number of nitrogens with zero attached hydrogens (tertiary/aromatic N) is 2. The monoisotopic (exact) mass is 383 g/mol. The van der Waals surface area contributed by atoms with Gasteiger partial charge in [0.1, 0.15) is 0 Å². The van der Waals surface area contributed by atoms with Crippen molar-refractivity contribution in [2.45, 2.75) is 11.3 Å². The second kappa shape index (κ2) is 7.17. The summed E-state index contributed by atoms with van der Waals surface area (Å²) in [5, 5.41) is 0.889. The molecule has 2 heterocycles. The third-order valence-electron chi connectivity index (χ3n) is 4.95. The van der Waals surface area contributed by atoms with Gasteiger partial charge in [-0.1, -0.05) is 24.3 Å². The highest BCUT2D eigenvalue weighted by molar-refractivity contribution is 7.89. The number of amides is 1. The van der Waals surface area contributed by atoms with Gasteiger partial charge in [-0.3, -0.25) is 4.79 Å². The van der Waals surface area contributed by atoms with Crippen molar-refractivity contribution < 1.29 is 13.2 Å². The fourth-order valence-corrected chi connectivity index (χ4v) is 5.01. The van der Waals surface area contributed by atoms with E-state index in [0.29, 0.717) is 43.1 Å². The molecule has 6 nitrogen and oxygen atoms in total. The SMILES string of the molecule is O=C(c1cccc2[nH]ccc12)N1CCCN(S(=O)(=O)c2ccccc2)CC1. The predicted octanol–water partition coefficient (Wildman–Crippen LogP) is 2.70. The van der Waals surface area contributed by atoms with E-state index in [1.165, 1.54) is 4.31 Å². The van der Waals surface area contributed by atoms with Gasteiger partial charge in [0.25, 0.3) is 5.91 Å². The summed E-state index contributed by atoms with van der Waals surface area (Å²) in [6.07, 6.45) is 2.43. The molecule has 1 fully saturated rings. The quantitative estimate of drug-likeness (QED) is 0.756. The Morgan fingerprint density at radius 1 is 0.889 bits per heavy atom. The first kappa shape index (κ1) is 17.8. The number of rotatable bonds is 3. The molecular formula is C20H21N3O3S. The van der Waals surface area contributed by atoms with Gasteiger partial charge < -0.3 is 9.88 Å². The Morgan fingerprint density at radius 3 is 2.52 bits per heavy atom. The molecule has 1 aromatic heterocycles. The van der Waals surface area contributed by atoms with Gasteiger partial charge in [-0.05, 0) is 36.8 Å². The molecule has 1 aliphatic rings. The van der Waals surface area contributed by atoms with Crippen molar-refractivity contribution in [2.75, 3.05) is 26.2 Å². The van der Waals surface area contributed by atoms with Gasteiger partial charge in [0.05, 0.1) is 4.90 Å². The maximum absolute atomic E-state index is 13.0. The highest BCUT2D eigenvalue weighted by Crippen LogP contribution is 2.21. The lowest BCUT2D eigenvalue weighted by Gasteiger charge is -2.22. The van der Waals surface area contributed by atoms with Crippen molar-refractivity contribution in [1.29, 1.82) is 0 Å². The molecule has 4 rings (SSSR count). The van der Waals surface area contributed by atoms with Crippen molar-refractivity contribution >= 4 is 26.8 Å². The van der Waals surface area contributed by atoms with Gasteiger partial charge in [-0.25, -0.2) is 8.42 Å². The van der Waals surface area contributed by atoms with E-state index in [-0.39, 0.29) is 5.91 Å². The first-order chi connectivity index (χ1) is 13.1. The largest absolute Gasteiger partial charge is 0.361 e. The fraction of sp³-hybridized carbons (Fsp3) is 0.250. The van der Waals surface area contributed by atoms with Crippen LogP contribution in [0.15, 0.2) is 65.7 Å². The molecule has 1 N–H and O–H groups in total. The van der Waals surface area contributed by atoms with Gasteiger partial charge in [0, 0.05) is 48.8 Å². The fourth-order valence-electron chi connectivity index (χ4n) is 3.52. The number of hydrogen-bond donors (Lipinski definition) is 1. The van der Waals surface area contributed by atoms with Crippen LogP contribution in [0.1, 0.15) is 16.8 Å². The average Bonchev–Trinajstić information content (AvgIpc) is 3.03. The van der Waals surface area contributed by atoms with E-state index >= 15 is 0 Å². The van der Waals surface area contributed by atoms with Crippen molar-refractivity contribution in [2.24, 2.45) is 0 Å². The highest BCUT2D eigenvalue weighted by Gasteiger charge is 2.28. The first-order valence-electron chi connectivity index (χ1n) is 8.98. The summed E-state index contributed by atoms with van der Waals surface area (Å²) < 4.78 is 27.2. The van der Waals surface area contributed by atoms with Crippen LogP contribution in [0.2, 0.25) is 0 Å². The van der Waals surface area contributed by atoms with Crippen LogP contribution in [-0.2, 0) is 10.0 Å². The molecule has 27 heavy (non-hydrogen) atoms. The van der Waals surface area contributed by atoms with E-state index in [9.17, 15) is 13.2 Å². The van der Waals surface area contributed by atoms with Crippen molar-refractivity contribution in [3.8, 4) is 0 Å². The third kappa shape index (κ3) is 3.36. The third-order valence-corrected chi connectivity index (χ3v) is 6.86. The van der Waals surface area contributed by atoms with Gasteiger partial charge in [0.15, 0.2) is 0 Å². The standard InChI is InChI=1S/C20H21N3O3S/c24-20(18-8-4-9-19-17(18)10-11-21-19)22-12-5-13-23(15-14-22)27(25,26)16-6-2-1-3-7-16/h1-4,6-11,21H,5,12-15H2. The van der Waals surface area contributed by atoms with Crippen molar-refractivity contribution in [3.63, 3.8) is 0 Å². The predicted molar refractivity (Wildman–Crippen MR) is 104 cm³/mol. The topological polar surface area (TPSA) is 73.5 Å². The minimum absolute atomic E-state index is 0.0563. The number of aromatic nitrogens is 1. The summed E-state index contributed by atoms with van der Waals surface area (Å²) >= 11 is 0. The molecule has 1 aliphatic heterocycles. The lowest BCUT2D eigenvalue weighted by molar-refractivity contribution is 0.0766. The number of H-pyrrole nitrogens is 1. The number of hydrogen-bond acceptors (Lipinski definition) is 3. The molecule has 0 aliphatic carbocycles. The maximum Gasteiger partial charge on any atom is 0.254 e. The minimum Gasteiger partial charge on any atom is -0.361 e. The Kier molecular flexibility index (Phi) is 4.72. The van der Waals surface area contributed by atoms with E-state index in [2.05, 4.69) is 4.98 Å². The van der Waals surface area contributed by atoms with E-state index < -0.39 is 10.0 Å². The summed E-state index contributed by atoms with van der Waals surface area (Å²) in [4.78, 5) is 18.2. The number of benzene rings is 2. The molecular weight excluding hydrogens is 362 g/mol. The van der Waals surface area contributed by atoms with Gasteiger partial charge >= 0.3 is 0 Å². The summed E-state index contributed by atoms with van der Waals surface area (Å²) in [7, 11) is -3.53. The molecule has 2 aromatic carbocycles. The van der Waals surface area contributed by atoms with Crippen LogP contribution in [0, 0.1) is 0 Å². The van der Waals surface area contributed by atoms with E-state index in [1.54, 1.807) is 35.2 Å². The Bertz CT molecular complexity index is 1060. The average molecular weight is 383 g/mol. The maximum atomic E-state index is 13.0. The Hall–Kier alpha value is -2.64. The number of fused-ring (bicyclic) bond motifs is 1. The van der Waals surface area contributed by atoms with Crippen molar-refractivity contribution in [3.05, 3.63) is 66.4 Å². The molecule has 7 heteroatoms. The van der Waals surface area contributed by atoms with E-state index in [0.717, 1.165) is 10.9 Å². The zero-order valence-electron chi connectivity index (χ0n) is 14.8. The van der Waals surface area contributed by atoms with Crippen LogP contribution in [0.3, 0.4) is 0 Å². The summed E-state index contributed by atoms with van der Waals surface area (Å²) in [5.41, 5.74) is 1.57. The van der Waals surface area contributed by atoms with Gasteiger partial charge in [-0.2, -0.15) is 4.31 Å². The second-order valence-electron chi connectivity index (χ2n) is 6.61. The molecule has 0 bridgehead atoms. The summed E-state index contributed by atoms with van der Waals surface area (Å²) in [5.74, 6) is -0.0563. The first-order valence-corrected chi connectivity index (χ1v) is 10.4. The minimum atomic E-state index is -3.53. The van der Waals surface area contributed by atoms with Crippen LogP contribution in [-0.4, -0.2) is 54.7 Å². The molecule has 0 saturated carbocycles. The van der Waals surface area contributed by atoms with Crippen LogP contribution in [0.4, 0.5) is 0 Å². The molecule has 140 valence electrons. The summed E-state index contributed by atoms with van der Waals surface area (Å²) in [6.45, 7) is 1.63. The van der Waals surface area contributed by atoms with E-state index in [1.807, 2.05) is 30.5 Å². The molecule has 0 radical (unpaired) electrons. The normalized spacial score (nSPS) is 16.4. The Labute approximate surface area is 158 Å². The molecule has 0 spiro atoms. The van der Waals surface area contributed by atoms with Crippen LogP contribution in [0.5, 0.6) is 0 Å². The zero-order valence-corrected chi connectivity index (χ0v) is 15.7. The van der Waals surface area contributed by atoms with Gasteiger partial charge in [-0.15, -0.1) is 0 Å².